The predicted molar refractivity (Wildman–Crippen MR) is 67.5 cm³/mol. The van der Waals surface area contributed by atoms with E-state index in [1.165, 1.54) is 6.07 Å². The number of aromatic nitrogens is 2. The Morgan fingerprint density at radius 1 is 1.30 bits per heavy atom. The van der Waals surface area contributed by atoms with Crippen molar-refractivity contribution in [1.82, 2.24) is 9.78 Å². The Morgan fingerprint density at radius 2 is 2.00 bits per heavy atom. The molecule has 0 radical (unpaired) electrons. The Bertz CT molecular complexity index is 686. The molecular weight excluding hydrogens is 314 g/mol. The maximum atomic E-state index is 12.7. The summed E-state index contributed by atoms with van der Waals surface area (Å²) in [6.07, 6.45) is -4.73. The van der Waals surface area contributed by atoms with E-state index in [0.29, 0.717) is 10.6 Å². The SMILES string of the molecule is N#Cc1c(C(F)(F)F)nn(Cc2cccc(Cl)c2)c1Cl. The van der Waals surface area contributed by atoms with Crippen molar-refractivity contribution >= 4 is 23.2 Å². The third kappa shape index (κ3) is 2.89. The van der Waals surface area contributed by atoms with Gasteiger partial charge in [-0.1, -0.05) is 35.3 Å². The van der Waals surface area contributed by atoms with E-state index < -0.39 is 17.4 Å². The zero-order valence-electron chi connectivity index (χ0n) is 9.75. The van der Waals surface area contributed by atoms with Gasteiger partial charge in [0, 0.05) is 5.02 Å². The molecule has 0 unspecified atom stereocenters. The van der Waals surface area contributed by atoms with Crippen LogP contribution in [0.2, 0.25) is 10.2 Å². The van der Waals surface area contributed by atoms with Crippen LogP contribution in [0, 0.1) is 11.3 Å². The van der Waals surface area contributed by atoms with E-state index in [1.807, 2.05) is 0 Å². The van der Waals surface area contributed by atoms with E-state index in [4.69, 9.17) is 28.5 Å². The molecule has 104 valence electrons. The number of nitrogens with zero attached hydrogens (tertiary/aromatic N) is 3. The Balaban J connectivity index is 2.44. The van der Waals surface area contributed by atoms with Gasteiger partial charge in [-0.2, -0.15) is 23.5 Å². The number of alkyl halides is 3. The van der Waals surface area contributed by atoms with Crippen LogP contribution in [0.4, 0.5) is 13.2 Å². The monoisotopic (exact) mass is 319 g/mol. The average molecular weight is 320 g/mol. The fourth-order valence-corrected chi connectivity index (χ4v) is 2.09. The van der Waals surface area contributed by atoms with Crippen molar-refractivity contribution in [2.75, 3.05) is 0 Å². The summed E-state index contributed by atoms with van der Waals surface area (Å²) in [7, 11) is 0. The molecule has 0 amide bonds. The lowest BCUT2D eigenvalue weighted by atomic mass is 10.2. The minimum absolute atomic E-state index is 0.00977. The topological polar surface area (TPSA) is 41.6 Å². The van der Waals surface area contributed by atoms with E-state index in [-0.39, 0.29) is 11.7 Å². The fourth-order valence-electron chi connectivity index (χ4n) is 1.65. The number of hydrogen-bond acceptors (Lipinski definition) is 2. The van der Waals surface area contributed by atoms with Crippen LogP contribution in [0.25, 0.3) is 0 Å². The number of benzene rings is 1. The summed E-state index contributed by atoms with van der Waals surface area (Å²) in [5.41, 5.74) is -1.34. The van der Waals surface area contributed by atoms with Crippen molar-refractivity contribution in [3.05, 3.63) is 51.3 Å². The van der Waals surface area contributed by atoms with E-state index in [9.17, 15) is 13.2 Å². The second-order valence-corrected chi connectivity index (χ2v) is 4.71. The molecule has 0 N–H and O–H groups in total. The minimum atomic E-state index is -4.73. The summed E-state index contributed by atoms with van der Waals surface area (Å²) in [6.45, 7) is -0.00977. The lowest BCUT2D eigenvalue weighted by Gasteiger charge is -2.04. The van der Waals surface area contributed by atoms with Crippen LogP contribution in [0.3, 0.4) is 0 Å². The van der Waals surface area contributed by atoms with Gasteiger partial charge in [-0.25, -0.2) is 4.68 Å². The molecular formula is C12H6Cl2F3N3. The van der Waals surface area contributed by atoms with E-state index in [1.54, 1.807) is 24.3 Å². The highest BCUT2D eigenvalue weighted by molar-refractivity contribution is 6.31. The molecule has 0 bridgehead atoms. The minimum Gasteiger partial charge on any atom is -0.248 e. The van der Waals surface area contributed by atoms with Gasteiger partial charge in [0.2, 0.25) is 0 Å². The number of hydrogen-bond donors (Lipinski definition) is 0. The van der Waals surface area contributed by atoms with Crippen LogP contribution >= 0.6 is 23.2 Å². The molecule has 1 heterocycles. The zero-order chi connectivity index (χ0) is 14.9. The zero-order valence-corrected chi connectivity index (χ0v) is 11.3. The van der Waals surface area contributed by atoms with Gasteiger partial charge in [0.05, 0.1) is 6.54 Å². The third-order valence-corrected chi connectivity index (χ3v) is 3.11. The highest BCUT2D eigenvalue weighted by Crippen LogP contribution is 2.34. The summed E-state index contributed by atoms with van der Waals surface area (Å²) >= 11 is 11.6. The summed E-state index contributed by atoms with van der Waals surface area (Å²) < 4.78 is 39.1. The first-order valence-corrected chi connectivity index (χ1v) is 6.06. The molecule has 20 heavy (non-hydrogen) atoms. The molecule has 0 aliphatic heterocycles. The van der Waals surface area contributed by atoms with Crippen molar-refractivity contribution in [2.24, 2.45) is 0 Å². The van der Waals surface area contributed by atoms with Crippen LogP contribution in [-0.4, -0.2) is 9.78 Å². The predicted octanol–water partition coefficient (Wildman–Crippen LogP) is 4.13. The fraction of sp³-hybridized carbons (Fsp3) is 0.167. The second-order valence-electron chi connectivity index (χ2n) is 3.91. The lowest BCUT2D eigenvalue weighted by Crippen LogP contribution is -2.09. The van der Waals surface area contributed by atoms with Gasteiger partial charge in [-0.3, -0.25) is 0 Å². The van der Waals surface area contributed by atoms with Gasteiger partial charge in [0.15, 0.2) is 5.69 Å². The third-order valence-electron chi connectivity index (χ3n) is 2.49. The molecule has 3 nitrogen and oxygen atoms in total. The summed E-state index contributed by atoms with van der Waals surface area (Å²) in [5.74, 6) is 0. The summed E-state index contributed by atoms with van der Waals surface area (Å²) in [6, 6.07) is 7.97. The normalized spacial score (nSPS) is 11.4. The maximum absolute atomic E-state index is 12.7. The van der Waals surface area contributed by atoms with Crippen LogP contribution < -0.4 is 0 Å². The molecule has 0 aliphatic carbocycles. The summed E-state index contributed by atoms with van der Waals surface area (Å²) in [5, 5.41) is 12.2. The highest BCUT2D eigenvalue weighted by Gasteiger charge is 2.39. The first kappa shape index (κ1) is 14.7. The van der Waals surface area contributed by atoms with E-state index in [2.05, 4.69) is 5.10 Å². The van der Waals surface area contributed by atoms with Gasteiger partial charge >= 0.3 is 6.18 Å². The largest absolute Gasteiger partial charge is 0.436 e. The van der Waals surface area contributed by atoms with Gasteiger partial charge in [0.1, 0.15) is 16.8 Å². The van der Waals surface area contributed by atoms with E-state index >= 15 is 0 Å². The van der Waals surface area contributed by atoms with Crippen molar-refractivity contribution in [1.29, 1.82) is 5.26 Å². The first-order valence-electron chi connectivity index (χ1n) is 5.31. The highest BCUT2D eigenvalue weighted by atomic mass is 35.5. The number of rotatable bonds is 2. The number of halogens is 5. The van der Waals surface area contributed by atoms with Gasteiger partial charge < -0.3 is 0 Å². The van der Waals surface area contributed by atoms with Crippen LogP contribution in [0.1, 0.15) is 16.8 Å². The molecule has 0 atom stereocenters. The Hall–Kier alpha value is -1.71. The van der Waals surface area contributed by atoms with Crippen molar-refractivity contribution in [3.8, 4) is 6.07 Å². The van der Waals surface area contributed by atoms with Crippen molar-refractivity contribution in [3.63, 3.8) is 0 Å². The lowest BCUT2D eigenvalue weighted by molar-refractivity contribution is -0.141. The van der Waals surface area contributed by atoms with Gasteiger partial charge in [0.25, 0.3) is 0 Å². The van der Waals surface area contributed by atoms with Crippen LogP contribution in [-0.2, 0) is 12.7 Å². The molecule has 0 saturated carbocycles. The second kappa shape index (κ2) is 5.35. The van der Waals surface area contributed by atoms with Crippen molar-refractivity contribution < 1.29 is 13.2 Å². The van der Waals surface area contributed by atoms with Gasteiger partial charge in [-0.15, -0.1) is 0 Å². The smallest absolute Gasteiger partial charge is 0.248 e. The van der Waals surface area contributed by atoms with Gasteiger partial charge in [-0.05, 0) is 17.7 Å². The molecule has 2 aromatic rings. The molecule has 0 aliphatic rings. The molecule has 2 rings (SSSR count). The van der Waals surface area contributed by atoms with Crippen LogP contribution in [0.15, 0.2) is 24.3 Å². The Kier molecular flexibility index (Phi) is 3.93. The Morgan fingerprint density at radius 3 is 2.50 bits per heavy atom. The first-order chi connectivity index (χ1) is 9.32. The summed E-state index contributed by atoms with van der Waals surface area (Å²) in [4.78, 5) is 0. The maximum Gasteiger partial charge on any atom is 0.436 e. The van der Waals surface area contributed by atoms with Crippen molar-refractivity contribution in [2.45, 2.75) is 12.7 Å². The molecule has 8 heteroatoms. The molecule has 1 aromatic heterocycles. The molecule has 0 saturated heterocycles. The quantitative estimate of drug-likeness (QED) is 0.835. The standard InChI is InChI=1S/C12H6Cl2F3N3/c13-8-3-1-2-7(4-8)6-20-11(14)9(5-18)10(19-20)12(15,16)17/h1-4H,6H2. The van der Waals surface area contributed by atoms with Crippen LogP contribution in [0.5, 0.6) is 0 Å². The Labute approximate surface area is 122 Å². The molecule has 1 aromatic carbocycles. The molecule has 0 fully saturated rings. The average Bonchev–Trinajstić information content (AvgIpc) is 2.66. The number of nitriles is 1. The van der Waals surface area contributed by atoms with E-state index in [0.717, 1.165) is 4.68 Å². The molecule has 0 spiro atoms.